The number of para-hydroxylation sites is 1. The minimum absolute atomic E-state index is 0.210. The van der Waals surface area contributed by atoms with Gasteiger partial charge in [0.05, 0.1) is 5.69 Å². The fraction of sp³-hybridized carbons (Fsp3) is 0.286. The van der Waals surface area contributed by atoms with Gasteiger partial charge in [-0.1, -0.05) is 30.0 Å². The molecular weight excluding hydrogens is 260 g/mol. The van der Waals surface area contributed by atoms with Gasteiger partial charge in [-0.15, -0.1) is 6.58 Å². The number of amides is 2. The molecule has 0 aliphatic carbocycles. The van der Waals surface area contributed by atoms with E-state index < -0.39 is 4.75 Å². The Hall–Kier alpha value is -1.75. The van der Waals surface area contributed by atoms with Crippen LogP contribution in [0.4, 0.5) is 5.69 Å². The van der Waals surface area contributed by atoms with E-state index in [9.17, 15) is 9.59 Å². The van der Waals surface area contributed by atoms with Crippen LogP contribution in [0.15, 0.2) is 41.8 Å². The van der Waals surface area contributed by atoms with Crippen LogP contribution in [0, 0.1) is 0 Å². The summed E-state index contributed by atoms with van der Waals surface area (Å²) in [7, 11) is 1.69. The second kappa shape index (κ2) is 5.09. The summed E-state index contributed by atoms with van der Waals surface area (Å²) in [5.41, 5.74) is 0.839. The largest absolute Gasteiger partial charge is 0.351 e. The summed E-state index contributed by atoms with van der Waals surface area (Å²) >= 11 is 1.29. The number of nitrogens with zero attached hydrogens (tertiary/aromatic N) is 1. The molecule has 1 aromatic rings. The summed E-state index contributed by atoms with van der Waals surface area (Å²) in [5, 5.41) is 2.70. The standard InChI is InChI=1S/C14H16N2O2S/c1-4-9-15-12(17)14(2)13(18)16(3)10-7-5-6-8-11(10)19-14/h4-8H,1,9H2,2-3H3,(H,15,17)/t14-/m0/s1. The Kier molecular flexibility index (Phi) is 3.66. The van der Waals surface area contributed by atoms with Gasteiger partial charge < -0.3 is 10.2 Å². The van der Waals surface area contributed by atoms with E-state index in [4.69, 9.17) is 0 Å². The molecule has 2 rings (SSSR count). The quantitative estimate of drug-likeness (QED) is 0.676. The first-order valence-electron chi connectivity index (χ1n) is 5.96. The summed E-state index contributed by atoms with van der Waals surface area (Å²) < 4.78 is -1.13. The maximum absolute atomic E-state index is 12.4. The van der Waals surface area contributed by atoms with E-state index in [1.54, 1.807) is 24.9 Å². The highest BCUT2D eigenvalue weighted by atomic mass is 32.2. The fourth-order valence-corrected chi connectivity index (χ4v) is 3.28. The van der Waals surface area contributed by atoms with Crippen LogP contribution in [-0.2, 0) is 9.59 Å². The number of hydrogen-bond donors (Lipinski definition) is 1. The molecule has 0 saturated heterocycles. The SMILES string of the molecule is C=CCNC(=O)[C@]1(C)Sc2ccccc2N(C)C1=O. The minimum Gasteiger partial charge on any atom is -0.351 e. The maximum atomic E-state index is 12.4. The molecule has 19 heavy (non-hydrogen) atoms. The number of thioether (sulfide) groups is 1. The zero-order chi connectivity index (χ0) is 14.0. The zero-order valence-corrected chi connectivity index (χ0v) is 11.8. The van der Waals surface area contributed by atoms with E-state index in [0.29, 0.717) is 6.54 Å². The van der Waals surface area contributed by atoms with Crippen molar-refractivity contribution in [1.82, 2.24) is 5.32 Å². The first kappa shape index (κ1) is 13.7. The van der Waals surface area contributed by atoms with Gasteiger partial charge in [-0.3, -0.25) is 9.59 Å². The van der Waals surface area contributed by atoms with Gasteiger partial charge >= 0.3 is 0 Å². The van der Waals surface area contributed by atoms with Gasteiger partial charge in [0.2, 0.25) is 5.91 Å². The summed E-state index contributed by atoms with van der Waals surface area (Å²) in [5.74, 6) is -0.499. The normalized spacial score (nSPS) is 21.8. The Bertz CT molecular complexity index is 544. The number of benzene rings is 1. The molecule has 2 amide bonds. The van der Waals surface area contributed by atoms with Crippen molar-refractivity contribution in [2.75, 3.05) is 18.5 Å². The van der Waals surface area contributed by atoms with E-state index in [1.807, 2.05) is 24.3 Å². The van der Waals surface area contributed by atoms with Crippen molar-refractivity contribution < 1.29 is 9.59 Å². The second-order valence-electron chi connectivity index (χ2n) is 4.47. The molecule has 0 radical (unpaired) electrons. The molecule has 0 saturated carbocycles. The van der Waals surface area contributed by atoms with Gasteiger partial charge in [-0.2, -0.15) is 0 Å². The monoisotopic (exact) mass is 276 g/mol. The number of hydrogen-bond acceptors (Lipinski definition) is 3. The lowest BCUT2D eigenvalue weighted by Crippen LogP contribution is -2.55. The third-order valence-electron chi connectivity index (χ3n) is 3.09. The molecule has 5 heteroatoms. The van der Waals surface area contributed by atoms with Gasteiger partial charge in [0, 0.05) is 18.5 Å². The summed E-state index contributed by atoms with van der Waals surface area (Å²) in [6, 6.07) is 7.57. The van der Waals surface area contributed by atoms with Gasteiger partial charge in [-0.05, 0) is 19.1 Å². The third kappa shape index (κ3) is 2.26. The topological polar surface area (TPSA) is 49.4 Å². The highest BCUT2D eigenvalue weighted by Crippen LogP contribution is 2.44. The molecular formula is C14H16N2O2S. The average molecular weight is 276 g/mol. The molecule has 1 atom stereocenters. The average Bonchev–Trinajstić information content (AvgIpc) is 2.42. The van der Waals surface area contributed by atoms with Crippen LogP contribution in [0.3, 0.4) is 0 Å². The Labute approximate surface area is 116 Å². The van der Waals surface area contributed by atoms with Crippen LogP contribution in [-0.4, -0.2) is 30.2 Å². The van der Waals surface area contributed by atoms with Crippen LogP contribution >= 0.6 is 11.8 Å². The molecule has 0 bridgehead atoms. The molecule has 1 heterocycles. The van der Waals surface area contributed by atoms with E-state index in [0.717, 1.165) is 10.6 Å². The van der Waals surface area contributed by atoms with Crippen LogP contribution < -0.4 is 10.2 Å². The number of carbonyl (C=O) groups excluding carboxylic acids is 2. The Morgan fingerprint density at radius 1 is 1.53 bits per heavy atom. The first-order valence-corrected chi connectivity index (χ1v) is 6.77. The molecule has 0 fully saturated rings. The van der Waals surface area contributed by atoms with Crippen molar-refractivity contribution in [2.45, 2.75) is 16.6 Å². The van der Waals surface area contributed by atoms with Crippen LogP contribution in [0.5, 0.6) is 0 Å². The van der Waals surface area contributed by atoms with Crippen molar-refractivity contribution >= 4 is 29.3 Å². The molecule has 1 aliphatic rings. The fourth-order valence-electron chi connectivity index (χ4n) is 1.99. The predicted octanol–water partition coefficient (Wildman–Crippen LogP) is 1.82. The summed E-state index contributed by atoms with van der Waals surface area (Å²) in [6.45, 7) is 5.57. The van der Waals surface area contributed by atoms with Crippen molar-refractivity contribution in [3.8, 4) is 0 Å². The molecule has 0 spiro atoms. The lowest BCUT2D eigenvalue weighted by Gasteiger charge is -2.36. The highest BCUT2D eigenvalue weighted by molar-refractivity contribution is 8.02. The second-order valence-corrected chi connectivity index (χ2v) is 5.93. The molecule has 1 aliphatic heterocycles. The smallest absolute Gasteiger partial charge is 0.252 e. The number of nitrogens with one attached hydrogen (secondary N) is 1. The van der Waals surface area contributed by atoms with Crippen molar-refractivity contribution in [3.63, 3.8) is 0 Å². The maximum Gasteiger partial charge on any atom is 0.252 e. The number of fused-ring (bicyclic) bond motifs is 1. The number of anilines is 1. The van der Waals surface area contributed by atoms with E-state index >= 15 is 0 Å². The van der Waals surface area contributed by atoms with Gasteiger partial charge in [0.15, 0.2) is 4.75 Å². The minimum atomic E-state index is -1.13. The predicted molar refractivity (Wildman–Crippen MR) is 77.3 cm³/mol. The van der Waals surface area contributed by atoms with Crippen LogP contribution in [0.2, 0.25) is 0 Å². The van der Waals surface area contributed by atoms with E-state index in [1.165, 1.54) is 11.8 Å². The van der Waals surface area contributed by atoms with Crippen LogP contribution in [0.1, 0.15) is 6.92 Å². The van der Waals surface area contributed by atoms with Crippen LogP contribution in [0.25, 0.3) is 0 Å². The van der Waals surface area contributed by atoms with Crippen molar-refractivity contribution in [3.05, 3.63) is 36.9 Å². The Morgan fingerprint density at radius 2 is 2.21 bits per heavy atom. The van der Waals surface area contributed by atoms with Gasteiger partial charge in [-0.25, -0.2) is 0 Å². The molecule has 1 aromatic carbocycles. The van der Waals surface area contributed by atoms with Gasteiger partial charge in [0.25, 0.3) is 5.91 Å². The number of rotatable bonds is 3. The summed E-state index contributed by atoms with van der Waals surface area (Å²) in [4.78, 5) is 27.1. The first-order chi connectivity index (χ1) is 9.00. The summed E-state index contributed by atoms with van der Waals surface area (Å²) in [6.07, 6.45) is 1.59. The highest BCUT2D eigenvalue weighted by Gasteiger charge is 2.47. The molecule has 0 unspecified atom stereocenters. The van der Waals surface area contributed by atoms with Crippen molar-refractivity contribution in [2.24, 2.45) is 0 Å². The van der Waals surface area contributed by atoms with E-state index in [2.05, 4.69) is 11.9 Å². The molecule has 0 aromatic heterocycles. The Balaban J connectivity index is 2.36. The van der Waals surface area contributed by atoms with E-state index in [-0.39, 0.29) is 11.8 Å². The van der Waals surface area contributed by atoms with Gasteiger partial charge in [0.1, 0.15) is 0 Å². The molecule has 100 valence electrons. The lowest BCUT2D eigenvalue weighted by atomic mass is 10.1. The number of carbonyl (C=O) groups is 2. The Morgan fingerprint density at radius 3 is 2.89 bits per heavy atom. The lowest BCUT2D eigenvalue weighted by molar-refractivity contribution is -0.130. The zero-order valence-electron chi connectivity index (χ0n) is 11.0. The molecule has 4 nitrogen and oxygen atoms in total. The third-order valence-corrected chi connectivity index (χ3v) is 4.43. The van der Waals surface area contributed by atoms with Crippen molar-refractivity contribution in [1.29, 1.82) is 0 Å². The molecule has 1 N–H and O–H groups in total.